The van der Waals surface area contributed by atoms with E-state index in [1.54, 1.807) is 0 Å². The van der Waals surface area contributed by atoms with Crippen LogP contribution in [-0.2, 0) is 0 Å². The van der Waals surface area contributed by atoms with E-state index in [0.717, 1.165) is 6.07 Å². The van der Waals surface area contributed by atoms with Crippen LogP contribution in [0.2, 0.25) is 0 Å². The van der Waals surface area contributed by atoms with Crippen molar-refractivity contribution in [1.29, 1.82) is 0 Å². The van der Waals surface area contributed by atoms with Gasteiger partial charge in [-0.15, -0.1) is 0 Å². The van der Waals surface area contributed by atoms with E-state index in [9.17, 15) is 9.18 Å². The Kier molecular flexibility index (Phi) is 3.90. The molecule has 0 aromatic heterocycles. The van der Waals surface area contributed by atoms with E-state index in [-0.39, 0.29) is 12.1 Å². The molecule has 16 heavy (non-hydrogen) atoms. The molecule has 0 aliphatic rings. The fourth-order valence-corrected chi connectivity index (χ4v) is 1.05. The quantitative estimate of drug-likeness (QED) is 0.357. The number of rotatable bonds is 2. The summed E-state index contributed by atoms with van der Waals surface area (Å²) in [4.78, 5) is 13.2. The van der Waals surface area contributed by atoms with Crippen molar-refractivity contribution in [2.45, 2.75) is 0 Å². The van der Waals surface area contributed by atoms with Crippen LogP contribution in [-0.4, -0.2) is 17.6 Å². The van der Waals surface area contributed by atoms with Crippen molar-refractivity contribution in [2.75, 3.05) is 6.54 Å². The number of halogens is 1. The zero-order valence-electron chi connectivity index (χ0n) is 8.01. The molecule has 6 heteroatoms. The molecule has 0 saturated heterocycles. The number of benzene rings is 1. The summed E-state index contributed by atoms with van der Waals surface area (Å²) < 4.78 is 13.1. The number of nitrogens with zero attached hydrogens (tertiary/aromatic N) is 3. The van der Waals surface area contributed by atoms with Crippen LogP contribution in [0.1, 0.15) is 15.9 Å². The molecule has 0 unspecified atom stereocenters. The maximum atomic E-state index is 13.1. The summed E-state index contributed by atoms with van der Waals surface area (Å²) in [5.41, 5.74) is 7.57. The Morgan fingerprint density at radius 2 is 2.38 bits per heavy atom. The van der Waals surface area contributed by atoms with Gasteiger partial charge in [0.1, 0.15) is 11.4 Å². The van der Waals surface area contributed by atoms with E-state index in [2.05, 4.69) is 21.9 Å². The van der Waals surface area contributed by atoms with Crippen molar-refractivity contribution < 1.29 is 14.3 Å². The Balaban J connectivity index is 3.11. The molecule has 0 heterocycles. The first-order valence-electron chi connectivity index (χ1n) is 4.18. The van der Waals surface area contributed by atoms with Gasteiger partial charge in [0.05, 0.1) is 6.54 Å². The zero-order chi connectivity index (χ0) is 12.0. The summed E-state index contributed by atoms with van der Waals surface area (Å²) in [5, 5.41) is 11.9. The first-order chi connectivity index (χ1) is 7.66. The summed E-state index contributed by atoms with van der Waals surface area (Å²) in [6.07, 6.45) is 0. The molecule has 80 valence electrons. The van der Waals surface area contributed by atoms with Crippen molar-refractivity contribution in [2.24, 2.45) is 5.11 Å². The standard InChI is InChI=1S/C10H6FN3O2/c11-8-5-1-3-7(9(8)10(15)16)4-2-6-13-14-12/h1,3,5H,6H2,(H,15,16). The van der Waals surface area contributed by atoms with E-state index < -0.39 is 17.3 Å². The molecule has 0 radical (unpaired) electrons. The normalized spacial score (nSPS) is 8.56. The maximum Gasteiger partial charge on any atom is 0.339 e. The Bertz CT molecular complexity index is 525. The Morgan fingerprint density at radius 1 is 1.62 bits per heavy atom. The number of carboxylic acids is 1. The summed E-state index contributed by atoms with van der Waals surface area (Å²) in [6, 6.07) is 3.79. The summed E-state index contributed by atoms with van der Waals surface area (Å²) >= 11 is 0. The third-order valence-corrected chi connectivity index (χ3v) is 1.66. The van der Waals surface area contributed by atoms with Gasteiger partial charge in [0.2, 0.25) is 0 Å². The van der Waals surface area contributed by atoms with E-state index in [4.69, 9.17) is 10.6 Å². The minimum absolute atomic E-state index is 0.0561. The molecular formula is C10H6FN3O2. The van der Waals surface area contributed by atoms with Gasteiger partial charge < -0.3 is 5.11 Å². The summed E-state index contributed by atoms with van der Waals surface area (Å²) in [6.45, 7) is -0.0912. The fourth-order valence-electron chi connectivity index (χ4n) is 1.05. The van der Waals surface area contributed by atoms with E-state index in [1.807, 2.05) is 0 Å². The highest BCUT2D eigenvalue weighted by Crippen LogP contribution is 2.12. The lowest BCUT2D eigenvalue weighted by molar-refractivity contribution is 0.0691. The van der Waals surface area contributed by atoms with Crippen LogP contribution >= 0.6 is 0 Å². The predicted octanol–water partition coefficient (Wildman–Crippen LogP) is 2.19. The minimum atomic E-state index is -1.38. The molecule has 0 amide bonds. The van der Waals surface area contributed by atoms with Crippen LogP contribution in [0.25, 0.3) is 10.4 Å². The van der Waals surface area contributed by atoms with Crippen LogP contribution in [0.3, 0.4) is 0 Å². The Hall–Kier alpha value is -2.51. The minimum Gasteiger partial charge on any atom is -0.478 e. The van der Waals surface area contributed by atoms with Crippen molar-refractivity contribution in [3.8, 4) is 11.8 Å². The topological polar surface area (TPSA) is 86.1 Å². The third-order valence-electron chi connectivity index (χ3n) is 1.66. The number of hydrogen-bond acceptors (Lipinski definition) is 2. The lowest BCUT2D eigenvalue weighted by Crippen LogP contribution is -2.03. The SMILES string of the molecule is [N-]=[N+]=NCC#Cc1cccc(F)c1C(=O)O. The fraction of sp³-hybridized carbons (Fsp3) is 0.100. The first-order valence-corrected chi connectivity index (χ1v) is 4.18. The van der Waals surface area contributed by atoms with Gasteiger partial charge in [-0.25, -0.2) is 9.18 Å². The van der Waals surface area contributed by atoms with Gasteiger partial charge in [0.15, 0.2) is 0 Å². The molecule has 0 atom stereocenters. The molecule has 0 spiro atoms. The molecule has 0 aliphatic heterocycles. The highest BCUT2D eigenvalue weighted by Gasteiger charge is 2.13. The second kappa shape index (κ2) is 5.39. The maximum absolute atomic E-state index is 13.1. The molecule has 5 nitrogen and oxygen atoms in total. The highest BCUT2D eigenvalue weighted by molar-refractivity contribution is 5.91. The largest absolute Gasteiger partial charge is 0.478 e. The van der Waals surface area contributed by atoms with Crippen molar-refractivity contribution in [1.82, 2.24) is 0 Å². The third kappa shape index (κ3) is 2.74. The predicted molar refractivity (Wildman–Crippen MR) is 54.3 cm³/mol. The molecule has 1 N–H and O–H groups in total. The van der Waals surface area contributed by atoms with Gasteiger partial charge in [-0.2, -0.15) is 0 Å². The number of hydrogen-bond donors (Lipinski definition) is 1. The lowest BCUT2D eigenvalue weighted by Gasteiger charge is -1.99. The monoisotopic (exact) mass is 219 g/mol. The molecule has 1 rings (SSSR count). The van der Waals surface area contributed by atoms with Crippen molar-refractivity contribution >= 4 is 5.97 Å². The van der Waals surface area contributed by atoms with Crippen LogP contribution < -0.4 is 0 Å². The van der Waals surface area contributed by atoms with Crippen LogP contribution in [0.15, 0.2) is 23.3 Å². The molecule has 1 aromatic rings. The second-order valence-electron chi connectivity index (χ2n) is 2.66. The van der Waals surface area contributed by atoms with Crippen molar-refractivity contribution in [3.05, 3.63) is 45.6 Å². The van der Waals surface area contributed by atoms with Crippen LogP contribution in [0.4, 0.5) is 4.39 Å². The van der Waals surface area contributed by atoms with Gasteiger partial charge in [-0.1, -0.05) is 23.0 Å². The average molecular weight is 219 g/mol. The molecular weight excluding hydrogens is 213 g/mol. The second-order valence-corrected chi connectivity index (χ2v) is 2.66. The van der Waals surface area contributed by atoms with E-state index >= 15 is 0 Å². The average Bonchev–Trinajstić information content (AvgIpc) is 2.24. The van der Waals surface area contributed by atoms with E-state index in [0.29, 0.717) is 0 Å². The Labute approximate surface area is 90.1 Å². The van der Waals surface area contributed by atoms with Crippen molar-refractivity contribution in [3.63, 3.8) is 0 Å². The van der Waals surface area contributed by atoms with E-state index in [1.165, 1.54) is 12.1 Å². The van der Waals surface area contributed by atoms with Gasteiger partial charge in [-0.3, -0.25) is 0 Å². The van der Waals surface area contributed by atoms with Crippen LogP contribution in [0.5, 0.6) is 0 Å². The van der Waals surface area contributed by atoms with Gasteiger partial charge in [-0.05, 0) is 17.7 Å². The molecule has 0 aliphatic carbocycles. The van der Waals surface area contributed by atoms with Gasteiger partial charge >= 0.3 is 5.97 Å². The summed E-state index contributed by atoms with van der Waals surface area (Å²) in [5.74, 6) is 2.63. The zero-order valence-corrected chi connectivity index (χ0v) is 8.01. The number of azide groups is 1. The highest BCUT2D eigenvalue weighted by atomic mass is 19.1. The summed E-state index contributed by atoms with van der Waals surface area (Å²) in [7, 11) is 0. The molecule has 0 bridgehead atoms. The van der Waals surface area contributed by atoms with Gasteiger partial charge in [0, 0.05) is 10.5 Å². The molecule has 0 fully saturated rings. The number of aromatic carboxylic acids is 1. The molecule has 1 aromatic carbocycles. The first kappa shape index (κ1) is 11.6. The Morgan fingerprint density at radius 3 is 3.00 bits per heavy atom. The van der Waals surface area contributed by atoms with Gasteiger partial charge in [0.25, 0.3) is 0 Å². The lowest BCUT2D eigenvalue weighted by atomic mass is 10.1. The smallest absolute Gasteiger partial charge is 0.339 e. The number of carboxylic acid groups (broad SMARTS) is 1. The van der Waals surface area contributed by atoms with Crippen LogP contribution in [0, 0.1) is 17.7 Å². The molecule has 0 saturated carbocycles. The number of carbonyl (C=O) groups is 1.